The van der Waals surface area contributed by atoms with Gasteiger partial charge in [-0.3, -0.25) is 0 Å². The average molecular weight is 381 g/mol. The summed E-state index contributed by atoms with van der Waals surface area (Å²) in [5, 5.41) is 9.32. The third-order valence-electron chi connectivity index (χ3n) is 3.69. The summed E-state index contributed by atoms with van der Waals surface area (Å²) >= 11 is 0. The van der Waals surface area contributed by atoms with Crippen molar-refractivity contribution < 1.29 is 77.2 Å². The number of aliphatic hydroxyl groups excluding tert-OH is 1. The van der Waals surface area contributed by atoms with Gasteiger partial charge >= 0.3 is 59.2 Å². The van der Waals surface area contributed by atoms with E-state index in [-0.39, 0.29) is 52.8 Å². The first-order chi connectivity index (χ1) is 10.3. The van der Waals surface area contributed by atoms with Crippen LogP contribution in [0.2, 0.25) is 0 Å². The third kappa shape index (κ3) is 35.6. The normalized spacial score (nSPS) is 12.1. The number of unbranched alkanes of at least 4 members (excludes halogenated alkanes) is 8. The van der Waals surface area contributed by atoms with Crippen molar-refractivity contribution in [3.63, 3.8) is 0 Å². The number of hydrogen-bond acceptors (Lipinski definition) is 2. The van der Waals surface area contributed by atoms with E-state index >= 15 is 0 Å². The summed E-state index contributed by atoms with van der Waals surface area (Å²) in [6, 6.07) is 0. The predicted octanol–water partition coefficient (Wildman–Crippen LogP) is 1.50. The van der Waals surface area contributed by atoms with Gasteiger partial charge in [0.2, 0.25) is 0 Å². The van der Waals surface area contributed by atoms with Gasteiger partial charge in [0, 0.05) is 6.61 Å². The maximum absolute atomic E-state index is 9.32. The van der Waals surface area contributed by atoms with Crippen LogP contribution in [0.15, 0.2) is 0 Å². The Labute approximate surface area is 186 Å². The van der Waals surface area contributed by atoms with Gasteiger partial charge in [0.25, 0.3) is 0 Å². The molecule has 23 heavy (non-hydrogen) atoms. The Kier molecular flexibility index (Phi) is 27.9. The summed E-state index contributed by atoms with van der Waals surface area (Å²) in [4.78, 5) is 21.6. The van der Waals surface area contributed by atoms with Crippen molar-refractivity contribution in [2.24, 2.45) is 5.92 Å². The zero-order chi connectivity index (χ0) is 17.3. The number of phosphoric acid groups is 1. The Balaban J connectivity index is -0.000000250. The molecular formula is C16H38KO5P. The first-order valence-electron chi connectivity index (χ1n) is 8.74. The molecule has 0 bridgehead atoms. The molecule has 0 aromatic carbocycles. The number of aliphatic hydroxyl groups is 1. The zero-order valence-corrected chi connectivity index (χ0v) is 19.4. The van der Waals surface area contributed by atoms with Gasteiger partial charge in [-0.1, -0.05) is 78.1 Å². The van der Waals surface area contributed by atoms with Crippen LogP contribution >= 0.6 is 7.82 Å². The van der Waals surface area contributed by atoms with Crippen molar-refractivity contribution in [1.29, 1.82) is 0 Å². The van der Waals surface area contributed by atoms with E-state index in [1.165, 1.54) is 77.0 Å². The van der Waals surface area contributed by atoms with E-state index < -0.39 is 7.82 Å². The van der Waals surface area contributed by atoms with E-state index in [1.54, 1.807) is 0 Å². The van der Waals surface area contributed by atoms with Crippen molar-refractivity contribution in [2.75, 3.05) is 6.61 Å². The van der Waals surface area contributed by atoms with E-state index in [0.29, 0.717) is 12.5 Å². The van der Waals surface area contributed by atoms with Crippen LogP contribution in [0.4, 0.5) is 0 Å². The molecule has 0 saturated carbocycles. The Hall–Kier alpha value is 1.71. The van der Waals surface area contributed by atoms with Gasteiger partial charge in [0.05, 0.1) is 0 Å². The molecule has 4 N–H and O–H groups in total. The van der Waals surface area contributed by atoms with E-state index in [0.717, 1.165) is 0 Å². The van der Waals surface area contributed by atoms with Crippen molar-refractivity contribution in [3.8, 4) is 0 Å². The summed E-state index contributed by atoms with van der Waals surface area (Å²) in [6.45, 7) is 4.92. The quantitative estimate of drug-likeness (QED) is 0.221. The van der Waals surface area contributed by atoms with Crippen LogP contribution in [-0.2, 0) is 4.57 Å². The molecule has 0 aromatic rings. The van der Waals surface area contributed by atoms with Crippen molar-refractivity contribution in [2.45, 2.75) is 90.9 Å². The van der Waals surface area contributed by atoms with Crippen LogP contribution in [0.1, 0.15) is 92.3 Å². The van der Waals surface area contributed by atoms with E-state index in [2.05, 4.69) is 13.8 Å². The molecule has 1 atom stereocenters. The van der Waals surface area contributed by atoms with Crippen molar-refractivity contribution in [1.82, 2.24) is 0 Å². The van der Waals surface area contributed by atoms with Gasteiger partial charge in [-0.05, 0) is 18.8 Å². The monoisotopic (exact) mass is 380 g/mol. The summed E-state index contributed by atoms with van der Waals surface area (Å²) in [7, 11) is -4.64. The molecule has 0 saturated heterocycles. The van der Waals surface area contributed by atoms with Crippen molar-refractivity contribution in [3.05, 3.63) is 0 Å². The molecule has 0 radical (unpaired) electrons. The van der Waals surface area contributed by atoms with E-state index in [4.69, 9.17) is 19.2 Å². The average Bonchev–Trinajstić information content (AvgIpc) is 2.43. The van der Waals surface area contributed by atoms with Gasteiger partial charge in [-0.15, -0.1) is 0 Å². The largest absolute Gasteiger partial charge is 1.00 e. The smallest absolute Gasteiger partial charge is 1.00 e. The summed E-state index contributed by atoms with van der Waals surface area (Å²) in [5.74, 6) is 0.582. The standard InChI is InChI=1S/C16H34O.K.H3O4P.H/c1-3-5-7-9-10-12-14-16(15-17)13-11-8-6-4-2;;1-5(2,3)4;/h16-17H,3-15H2,1-2H3;;(H3,1,2,3,4);/q;+1;;-1. The van der Waals surface area contributed by atoms with E-state index in [1.807, 2.05) is 0 Å². The molecule has 7 heteroatoms. The van der Waals surface area contributed by atoms with Crippen LogP contribution in [0.5, 0.6) is 0 Å². The van der Waals surface area contributed by atoms with Crippen LogP contribution < -0.4 is 51.4 Å². The minimum atomic E-state index is -4.64. The second-order valence-electron chi connectivity index (χ2n) is 5.97. The first kappa shape index (κ1) is 29.5. The Morgan fingerprint density at radius 2 is 1.09 bits per heavy atom. The van der Waals surface area contributed by atoms with Crippen molar-refractivity contribution >= 4 is 7.82 Å². The summed E-state index contributed by atoms with van der Waals surface area (Å²) in [6.07, 6.45) is 16.0. The van der Waals surface area contributed by atoms with Gasteiger partial charge in [-0.25, -0.2) is 4.57 Å². The van der Waals surface area contributed by atoms with Crippen LogP contribution in [0, 0.1) is 5.92 Å². The first-order valence-corrected chi connectivity index (χ1v) is 10.3. The Morgan fingerprint density at radius 1 is 0.783 bits per heavy atom. The number of hydrogen-bond donors (Lipinski definition) is 4. The summed E-state index contributed by atoms with van der Waals surface area (Å²) in [5.41, 5.74) is 0. The zero-order valence-electron chi connectivity index (χ0n) is 16.4. The molecule has 0 aliphatic heterocycles. The second-order valence-corrected chi connectivity index (χ2v) is 6.99. The third-order valence-corrected chi connectivity index (χ3v) is 3.69. The molecule has 138 valence electrons. The molecule has 5 nitrogen and oxygen atoms in total. The molecule has 0 fully saturated rings. The predicted molar refractivity (Wildman–Crippen MR) is 92.7 cm³/mol. The minimum Gasteiger partial charge on any atom is -1.00 e. The molecule has 0 amide bonds. The van der Waals surface area contributed by atoms with Gasteiger partial charge in [0.15, 0.2) is 0 Å². The van der Waals surface area contributed by atoms with Crippen LogP contribution in [-0.4, -0.2) is 26.4 Å². The minimum absolute atomic E-state index is 0. The second kappa shape index (κ2) is 21.7. The molecule has 1 unspecified atom stereocenters. The molecule has 0 aliphatic carbocycles. The Morgan fingerprint density at radius 3 is 1.43 bits per heavy atom. The fourth-order valence-corrected chi connectivity index (χ4v) is 2.40. The fourth-order valence-electron chi connectivity index (χ4n) is 2.40. The van der Waals surface area contributed by atoms with E-state index in [9.17, 15) is 5.11 Å². The van der Waals surface area contributed by atoms with Gasteiger partial charge in [0.1, 0.15) is 0 Å². The maximum atomic E-state index is 9.32. The molecule has 0 heterocycles. The number of rotatable bonds is 13. The molecule has 0 aromatic heterocycles. The van der Waals surface area contributed by atoms with Crippen LogP contribution in [0.25, 0.3) is 0 Å². The molecular weight excluding hydrogens is 342 g/mol. The summed E-state index contributed by atoms with van der Waals surface area (Å²) < 4.78 is 8.88. The van der Waals surface area contributed by atoms with Gasteiger partial charge < -0.3 is 21.2 Å². The molecule has 0 aliphatic rings. The SMILES string of the molecule is CCCCCCCCC(CO)CCCCCC.O=P(O)(O)O.[H-].[K+]. The fraction of sp³-hybridized carbons (Fsp3) is 1.00. The molecule has 0 spiro atoms. The van der Waals surface area contributed by atoms with Gasteiger partial charge in [-0.2, -0.15) is 0 Å². The molecule has 0 rings (SSSR count). The Bertz CT molecular complexity index is 259. The topological polar surface area (TPSA) is 98.0 Å². The maximum Gasteiger partial charge on any atom is 1.00 e. The van der Waals surface area contributed by atoms with Crippen LogP contribution in [0.3, 0.4) is 0 Å².